The van der Waals surface area contributed by atoms with Gasteiger partial charge >= 0.3 is 12.3 Å². The van der Waals surface area contributed by atoms with Crippen LogP contribution in [0, 0.1) is 11.6 Å². The van der Waals surface area contributed by atoms with Gasteiger partial charge in [0.1, 0.15) is 29.6 Å². The molecular weight excluding hydrogens is 491 g/mol. The molecule has 2 nitrogen and oxygen atoms in total. The molecule has 0 saturated heterocycles. The molecular formula is C24H15F9O2. The van der Waals surface area contributed by atoms with Crippen LogP contribution in [0.5, 0.6) is 5.75 Å². The zero-order valence-corrected chi connectivity index (χ0v) is 17.7. The maximum Gasteiger partial charge on any atom is 0.426 e. The summed E-state index contributed by atoms with van der Waals surface area (Å²) in [4.78, 5) is 0. The summed E-state index contributed by atoms with van der Waals surface area (Å²) in [5.41, 5.74) is -3.23. The number of halogens is 9. The third-order valence-corrected chi connectivity index (χ3v) is 4.74. The van der Waals surface area contributed by atoms with Crippen molar-refractivity contribution in [1.82, 2.24) is 0 Å². The van der Waals surface area contributed by atoms with Gasteiger partial charge in [-0.2, -0.15) is 22.0 Å². The Labute approximate surface area is 193 Å². The molecule has 0 radical (unpaired) electrons. The molecule has 0 amide bonds. The van der Waals surface area contributed by atoms with E-state index in [9.17, 15) is 39.5 Å². The van der Waals surface area contributed by atoms with E-state index in [0.717, 1.165) is 55.6 Å². The molecule has 0 spiro atoms. The van der Waals surface area contributed by atoms with Gasteiger partial charge in [-0.15, -0.1) is 0 Å². The first kappa shape index (κ1) is 26.1. The molecule has 0 N–H and O–H groups in total. The first-order valence-electron chi connectivity index (χ1n) is 9.71. The third-order valence-electron chi connectivity index (χ3n) is 4.74. The van der Waals surface area contributed by atoms with Crippen LogP contribution in [0.15, 0.2) is 66.5 Å². The van der Waals surface area contributed by atoms with Gasteiger partial charge in [-0.3, -0.25) is 0 Å². The smallest absolute Gasteiger partial charge is 0.426 e. The van der Waals surface area contributed by atoms with E-state index in [4.69, 9.17) is 0 Å². The van der Waals surface area contributed by atoms with E-state index in [2.05, 4.69) is 9.47 Å². The second-order valence-electron chi connectivity index (χ2n) is 7.19. The topological polar surface area (TPSA) is 18.5 Å². The monoisotopic (exact) mass is 506 g/mol. The van der Waals surface area contributed by atoms with E-state index in [-0.39, 0.29) is 22.4 Å². The van der Waals surface area contributed by atoms with Crippen LogP contribution < -0.4 is 4.74 Å². The minimum atomic E-state index is -5.23. The highest BCUT2D eigenvalue weighted by Gasteiger charge is 2.38. The lowest BCUT2D eigenvalue weighted by Crippen LogP contribution is -2.21. The highest BCUT2D eigenvalue weighted by Crippen LogP contribution is 2.37. The van der Waals surface area contributed by atoms with E-state index < -0.39 is 53.3 Å². The molecule has 0 unspecified atom stereocenters. The summed E-state index contributed by atoms with van der Waals surface area (Å²) in [5.74, 6) is -6.51. The molecule has 0 aromatic heterocycles. The van der Waals surface area contributed by atoms with Crippen molar-refractivity contribution in [2.75, 3.05) is 13.7 Å². The lowest BCUT2D eigenvalue weighted by atomic mass is 10.0. The van der Waals surface area contributed by atoms with Gasteiger partial charge < -0.3 is 9.47 Å². The lowest BCUT2D eigenvalue weighted by Gasteiger charge is -2.19. The molecule has 0 aliphatic rings. The lowest BCUT2D eigenvalue weighted by molar-refractivity contribution is -0.185. The number of alkyl halides is 5. The molecule has 0 heterocycles. The maximum atomic E-state index is 14.5. The second kappa shape index (κ2) is 10.0. The molecule has 3 rings (SSSR count). The van der Waals surface area contributed by atoms with Crippen molar-refractivity contribution in [2.45, 2.75) is 12.3 Å². The van der Waals surface area contributed by atoms with E-state index in [1.807, 2.05) is 0 Å². The van der Waals surface area contributed by atoms with Crippen molar-refractivity contribution in [3.63, 3.8) is 0 Å². The van der Waals surface area contributed by atoms with Crippen LogP contribution in [0.3, 0.4) is 0 Å². The molecule has 0 aliphatic carbocycles. The quantitative estimate of drug-likeness (QED) is 0.302. The Morgan fingerprint density at radius 1 is 0.771 bits per heavy atom. The summed E-state index contributed by atoms with van der Waals surface area (Å²) in [5, 5.41) is 0. The van der Waals surface area contributed by atoms with Gasteiger partial charge in [0.2, 0.25) is 0 Å². The van der Waals surface area contributed by atoms with Crippen molar-refractivity contribution in [3.8, 4) is 16.9 Å². The fourth-order valence-corrected chi connectivity index (χ4v) is 3.09. The third kappa shape index (κ3) is 5.97. The first-order valence-corrected chi connectivity index (χ1v) is 9.71. The highest BCUT2D eigenvalue weighted by atomic mass is 19.4. The fraction of sp³-hybridized carbons (Fsp3) is 0.167. The number of benzene rings is 3. The van der Waals surface area contributed by atoms with Crippen LogP contribution in [0.4, 0.5) is 39.5 Å². The summed E-state index contributed by atoms with van der Waals surface area (Å²) in [7, 11) is 1.15. The number of ether oxygens (including phenoxy) is 2. The normalized spacial score (nSPS) is 13.0. The molecule has 0 fully saturated rings. The summed E-state index contributed by atoms with van der Waals surface area (Å²) in [6, 6.07) is 8.74. The van der Waals surface area contributed by atoms with Crippen molar-refractivity contribution in [3.05, 3.63) is 94.8 Å². The van der Waals surface area contributed by atoms with Crippen molar-refractivity contribution in [1.29, 1.82) is 0 Å². The fourth-order valence-electron chi connectivity index (χ4n) is 3.09. The van der Waals surface area contributed by atoms with Crippen molar-refractivity contribution >= 4 is 5.83 Å². The minimum Gasteiger partial charge on any atom is -0.429 e. The molecule has 0 aliphatic heterocycles. The standard InChI is InChI=1S/C24H15F9O2/c1-34-12-20(27)22(28)14-2-6-16(7-3-14)24(32,33)35-17-8-4-13(5-9-17)15-10-18(25)21(19(26)11-15)23(29,30)31/h2-11H,12H2,1H3/b22-20+. The van der Waals surface area contributed by atoms with E-state index >= 15 is 0 Å². The van der Waals surface area contributed by atoms with Gasteiger partial charge in [0.05, 0.1) is 5.56 Å². The first-order chi connectivity index (χ1) is 16.3. The minimum absolute atomic E-state index is 0.0388. The molecule has 3 aromatic carbocycles. The van der Waals surface area contributed by atoms with Gasteiger partial charge in [-0.1, -0.05) is 24.3 Å². The summed E-state index contributed by atoms with van der Waals surface area (Å²) in [6.07, 6.45) is -9.13. The van der Waals surface area contributed by atoms with Crippen LogP contribution in [0.1, 0.15) is 16.7 Å². The Morgan fingerprint density at radius 2 is 1.31 bits per heavy atom. The molecule has 3 aromatic rings. The number of methoxy groups -OCH3 is 1. The van der Waals surface area contributed by atoms with E-state index in [1.165, 1.54) is 0 Å². The van der Waals surface area contributed by atoms with Crippen LogP contribution >= 0.6 is 0 Å². The number of rotatable bonds is 7. The Morgan fingerprint density at radius 3 is 1.80 bits per heavy atom. The molecule has 0 atom stereocenters. The molecule has 11 heteroatoms. The number of hydrogen-bond donors (Lipinski definition) is 0. The van der Waals surface area contributed by atoms with Crippen LogP contribution in [0.2, 0.25) is 0 Å². The maximum absolute atomic E-state index is 14.5. The highest BCUT2D eigenvalue weighted by molar-refractivity contribution is 5.65. The molecule has 35 heavy (non-hydrogen) atoms. The van der Waals surface area contributed by atoms with Crippen molar-refractivity contribution in [2.24, 2.45) is 0 Å². The average molecular weight is 506 g/mol. The Hall–Kier alpha value is -3.47. The van der Waals surface area contributed by atoms with Crippen LogP contribution in [-0.2, 0) is 17.0 Å². The molecule has 0 saturated carbocycles. The van der Waals surface area contributed by atoms with Gasteiger partial charge in [-0.05, 0) is 47.5 Å². The zero-order valence-electron chi connectivity index (χ0n) is 17.7. The number of hydrogen-bond acceptors (Lipinski definition) is 2. The van der Waals surface area contributed by atoms with Crippen LogP contribution in [0.25, 0.3) is 17.0 Å². The van der Waals surface area contributed by atoms with Gasteiger partial charge in [0, 0.05) is 12.7 Å². The average Bonchev–Trinajstić information content (AvgIpc) is 2.77. The second-order valence-corrected chi connectivity index (χ2v) is 7.19. The predicted octanol–water partition coefficient (Wildman–Crippen LogP) is 8.03. The SMILES string of the molecule is COC/C(F)=C(\F)c1ccc(C(F)(F)Oc2ccc(-c3cc(F)c(C(F)(F)F)c(F)c3)cc2)cc1. The van der Waals surface area contributed by atoms with Gasteiger partial charge in [-0.25, -0.2) is 17.6 Å². The van der Waals surface area contributed by atoms with Gasteiger partial charge in [0.15, 0.2) is 11.7 Å². The predicted molar refractivity (Wildman–Crippen MR) is 109 cm³/mol. The Balaban J connectivity index is 1.79. The summed E-state index contributed by atoms with van der Waals surface area (Å²) >= 11 is 0. The largest absolute Gasteiger partial charge is 0.429 e. The van der Waals surface area contributed by atoms with Crippen molar-refractivity contribution < 1.29 is 49.0 Å². The van der Waals surface area contributed by atoms with E-state index in [1.54, 1.807) is 0 Å². The summed E-state index contributed by atoms with van der Waals surface area (Å²) < 4.78 is 131. The van der Waals surface area contributed by atoms with Gasteiger partial charge in [0.25, 0.3) is 0 Å². The van der Waals surface area contributed by atoms with E-state index in [0.29, 0.717) is 12.1 Å². The molecule has 0 bridgehead atoms. The van der Waals surface area contributed by atoms with Crippen LogP contribution in [-0.4, -0.2) is 13.7 Å². The Bertz CT molecular complexity index is 1190. The zero-order chi connectivity index (χ0) is 26.0. The summed E-state index contributed by atoms with van der Waals surface area (Å²) in [6.45, 7) is -0.630. The Kier molecular flexibility index (Phi) is 7.49. The molecule has 186 valence electrons.